The number of ether oxygens (including phenoxy) is 1. The van der Waals surface area contributed by atoms with Crippen LogP contribution < -0.4 is 10.4 Å². The van der Waals surface area contributed by atoms with Crippen molar-refractivity contribution < 1.29 is 27.1 Å². The number of alkyl halides is 3. The zero-order chi connectivity index (χ0) is 15.8. The smallest absolute Gasteiger partial charge is 0.417 e. The van der Waals surface area contributed by atoms with Crippen molar-refractivity contribution in [1.82, 2.24) is 0 Å². The highest BCUT2D eigenvalue weighted by molar-refractivity contribution is 5.86. The van der Waals surface area contributed by atoms with Gasteiger partial charge in [0, 0.05) is 23.4 Å². The largest absolute Gasteiger partial charge is 0.426 e. The Labute approximate surface area is 117 Å². The highest BCUT2D eigenvalue weighted by Crippen LogP contribution is 2.36. The zero-order valence-corrected chi connectivity index (χ0v) is 11.2. The summed E-state index contributed by atoms with van der Waals surface area (Å²) in [5.41, 5.74) is -2.27. The second-order valence-corrected chi connectivity index (χ2v) is 4.37. The van der Waals surface area contributed by atoms with Crippen molar-refractivity contribution in [3.63, 3.8) is 0 Å². The number of aryl methyl sites for hydroxylation is 1. The molecule has 2 aromatic rings. The second-order valence-electron chi connectivity index (χ2n) is 4.37. The van der Waals surface area contributed by atoms with E-state index in [2.05, 4.69) is 0 Å². The molecule has 0 bridgehead atoms. The molecule has 0 N–H and O–H groups in total. The van der Waals surface area contributed by atoms with Crippen LogP contribution in [0.15, 0.2) is 27.4 Å². The van der Waals surface area contributed by atoms with E-state index in [-0.39, 0.29) is 28.7 Å². The van der Waals surface area contributed by atoms with E-state index >= 15 is 0 Å². The molecular weight excluding hydrogens is 289 g/mol. The molecule has 21 heavy (non-hydrogen) atoms. The second kappa shape index (κ2) is 5.23. The van der Waals surface area contributed by atoms with E-state index in [4.69, 9.17) is 9.15 Å². The molecule has 112 valence electrons. The SMILES string of the molecule is CCC(=O)Oc1ccc2c(C(F)(F)F)cc(=O)oc2c1C. The van der Waals surface area contributed by atoms with Crippen LogP contribution in [0.3, 0.4) is 0 Å². The first-order chi connectivity index (χ1) is 9.74. The van der Waals surface area contributed by atoms with Gasteiger partial charge in [0.2, 0.25) is 0 Å². The lowest BCUT2D eigenvalue weighted by atomic mass is 10.1. The predicted octanol–water partition coefficient (Wildman–Crippen LogP) is 3.44. The van der Waals surface area contributed by atoms with Gasteiger partial charge < -0.3 is 9.15 Å². The highest BCUT2D eigenvalue weighted by Gasteiger charge is 2.34. The van der Waals surface area contributed by atoms with E-state index < -0.39 is 23.3 Å². The summed E-state index contributed by atoms with van der Waals surface area (Å²) in [6.07, 6.45) is -4.56. The van der Waals surface area contributed by atoms with Crippen LogP contribution >= 0.6 is 0 Å². The van der Waals surface area contributed by atoms with Crippen LogP contribution in [0.4, 0.5) is 13.2 Å². The average molecular weight is 300 g/mol. The van der Waals surface area contributed by atoms with Crippen molar-refractivity contribution in [3.8, 4) is 5.75 Å². The van der Waals surface area contributed by atoms with E-state index in [0.29, 0.717) is 6.07 Å². The molecule has 0 aliphatic rings. The van der Waals surface area contributed by atoms with E-state index in [0.717, 1.165) is 6.07 Å². The van der Waals surface area contributed by atoms with Gasteiger partial charge in [0.1, 0.15) is 11.3 Å². The fourth-order valence-corrected chi connectivity index (χ4v) is 1.88. The summed E-state index contributed by atoms with van der Waals surface area (Å²) in [6, 6.07) is 2.77. The molecule has 1 aromatic heterocycles. The Bertz CT molecular complexity index is 759. The lowest BCUT2D eigenvalue weighted by molar-refractivity contribution is -0.136. The normalized spacial score (nSPS) is 11.7. The molecule has 1 heterocycles. The van der Waals surface area contributed by atoms with Gasteiger partial charge in [0.05, 0.1) is 5.56 Å². The fourth-order valence-electron chi connectivity index (χ4n) is 1.88. The molecule has 7 heteroatoms. The van der Waals surface area contributed by atoms with Gasteiger partial charge in [-0.2, -0.15) is 13.2 Å². The Morgan fingerprint density at radius 1 is 1.33 bits per heavy atom. The number of benzene rings is 1. The van der Waals surface area contributed by atoms with Crippen molar-refractivity contribution in [3.05, 3.63) is 39.7 Å². The Hall–Kier alpha value is -2.31. The van der Waals surface area contributed by atoms with Gasteiger partial charge in [-0.1, -0.05) is 6.92 Å². The number of hydrogen-bond acceptors (Lipinski definition) is 4. The third-order valence-electron chi connectivity index (χ3n) is 2.93. The Morgan fingerprint density at radius 2 is 2.00 bits per heavy atom. The quantitative estimate of drug-likeness (QED) is 0.484. The van der Waals surface area contributed by atoms with Crippen LogP contribution in [0.1, 0.15) is 24.5 Å². The third-order valence-corrected chi connectivity index (χ3v) is 2.93. The van der Waals surface area contributed by atoms with E-state index in [1.54, 1.807) is 6.92 Å². The van der Waals surface area contributed by atoms with Crippen LogP contribution in [-0.4, -0.2) is 5.97 Å². The summed E-state index contributed by atoms with van der Waals surface area (Å²) in [6.45, 7) is 3.00. The molecule has 2 rings (SSSR count). The summed E-state index contributed by atoms with van der Waals surface area (Å²) >= 11 is 0. The standard InChI is InChI=1S/C14H11F3O4/c1-3-11(18)20-10-5-4-8-9(14(15,16)17)6-12(19)21-13(8)7(10)2/h4-6H,3H2,1-2H3. The summed E-state index contributed by atoms with van der Waals surface area (Å²) < 4.78 is 48.6. The summed E-state index contributed by atoms with van der Waals surface area (Å²) in [5.74, 6) is -0.469. The minimum absolute atomic E-state index is 0.0665. The molecule has 0 aliphatic carbocycles. The average Bonchev–Trinajstić information content (AvgIpc) is 2.40. The van der Waals surface area contributed by atoms with Gasteiger partial charge in [0.25, 0.3) is 0 Å². The van der Waals surface area contributed by atoms with Crippen LogP contribution in [0, 0.1) is 6.92 Å². The highest BCUT2D eigenvalue weighted by atomic mass is 19.4. The minimum Gasteiger partial charge on any atom is -0.426 e. The maximum absolute atomic E-state index is 12.9. The van der Waals surface area contributed by atoms with Crippen molar-refractivity contribution in [2.24, 2.45) is 0 Å². The Kier molecular flexibility index (Phi) is 3.76. The topological polar surface area (TPSA) is 56.5 Å². The molecule has 0 radical (unpaired) electrons. The van der Waals surface area contributed by atoms with Gasteiger partial charge in [-0.15, -0.1) is 0 Å². The Balaban J connectivity index is 2.72. The number of carbonyl (C=O) groups is 1. The summed E-state index contributed by atoms with van der Waals surface area (Å²) in [5, 5.41) is -0.254. The predicted molar refractivity (Wildman–Crippen MR) is 68.1 cm³/mol. The molecule has 0 spiro atoms. The number of halogens is 3. The number of esters is 1. The van der Waals surface area contributed by atoms with Gasteiger partial charge in [-0.05, 0) is 19.1 Å². The number of rotatable bonds is 2. The summed E-state index contributed by atoms with van der Waals surface area (Å²) in [4.78, 5) is 22.6. The number of carbonyl (C=O) groups excluding carboxylic acids is 1. The van der Waals surface area contributed by atoms with E-state index in [1.807, 2.05) is 0 Å². The van der Waals surface area contributed by atoms with Gasteiger partial charge in [-0.25, -0.2) is 4.79 Å². The molecule has 0 atom stereocenters. The molecule has 0 saturated carbocycles. The monoisotopic (exact) mass is 300 g/mol. The molecule has 0 unspecified atom stereocenters. The van der Waals surface area contributed by atoms with Crippen molar-refractivity contribution in [1.29, 1.82) is 0 Å². The first kappa shape index (κ1) is 15.1. The molecule has 0 fully saturated rings. The maximum atomic E-state index is 12.9. The zero-order valence-electron chi connectivity index (χ0n) is 11.2. The summed E-state index contributed by atoms with van der Waals surface area (Å²) in [7, 11) is 0. The van der Waals surface area contributed by atoms with Crippen molar-refractivity contribution >= 4 is 16.9 Å². The van der Waals surface area contributed by atoms with E-state index in [1.165, 1.54) is 13.0 Å². The molecule has 0 amide bonds. The lowest BCUT2D eigenvalue weighted by Crippen LogP contribution is -2.12. The van der Waals surface area contributed by atoms with Crippen molar-refractivity contribution in [2.45, 2.75) is 26.4 Å². The van der Waals surface area contributed by atoms with Gasteiger partial charge in [-0.3, -0.25) is 4.79 Å². The van der Waals surface area contributed by atoms with Crippen LogP contribution in [0.25, 0.3) is 11.0 Å². The van der Waals surface area contributed by atoms with Crippen LogP contribution in [0.2, 0.25) is 0 Å². The first-order valence-electron chi connectivity index (χ1n) is 6.09. The van der Waals surface area contributed by atoms with Gasteiger partial charge >= 0.3 is 17.8 Å². The van der Waals surface area contributed by atoms with Gasteiger partial charge in [0.15, 0.2) is 0 Å². The van der Waals surface area contributed by atoms with E-state index in [9.17, 15) is 22.8 Å². The van der Waals surface area contributed by atoms with Crippen LogP contribution in [-0.2, 0) is 11.0 Å². The van der Waals surface area contributed by atoms with Crippen LogP contribution in [0.5, 0.6) is 5.75 Å². The first-order valence-corrected chi connectivity index (χ1v) is 6.09. The van der Waals surface area contributed by atoms with Crippen molar-refractivity contribution in [2.75, 3.05) is 0 Å². The molecule has 4 nitrogen and oxygen atoms in total. The molecule has 0 aliphatic heterocycles. The fraction of sp³-hybridized carbons (Fsp3) is 0.286. The molecule has 0 saturated heterocycles. The number of fused-ring (bicyclic) bond motifs is 1. The maximum Gasteiger partial charge on any atom is 0.417 e. The Morgan fingerprint density at radius 3 is 2.57 bits per heavy atom. The lowest BCUT2D eigenvalue weighted by Gasteiger charge is -2.12. The minimum atomic E-state index is -4.68. The molecular formula is C14H11F3O4. The molecule has 1 aromatic carbocycles. The number of hydrogen-bond donors (Lipinski definition) is 0. The third kappa shape index (κ3) is 2.91.